The van der Waals surface area contributed by atoms with Crippen molar-refractivity contribution in [3.8, 4) is 0 Å². The minimum atomic E-state index is -0.682. The molecule has 1 aliphatic heterocycles. The van der Waals surface area contributed by atoms with Gasteiger partial charge in [-0.3, -0.25) is 19.7 Å². The molecule has 2 atom stereocenters. The normalized spacial score (nSPS) is 17.6. The number of nitrogens with two attached hydrogens (primary N) is 1. The predicted molar refractivity (Wildman–Crippen MR) is 136 cm³/mol. The van der Waals surface area contributed by atoms with Crippen molar-refractivity contribution in [1.82, 2.24) is 35.6 Å². The second kappa shape index (κ2) is 9.85. The largest absolute Gasteiger partial charge is 0.441 e. The molecule has 3 aromatic heterocycles. The average molecular weight is 505 g/mol. The van der Waals surface area contributed by atoms with Crippen molar-refractivity contribution in [1.29, 1.82) is 0 Å². The number of amides is 2. The van der Waals surface area contributed by atoms with Gasteiger partial charge in [0.2, 0.25) is 0 Å². The number of primary amides is 1. The van der Waals surface area contributed by atoms with Crippen LogP contribution in [0.1, 0.15) is 46.5 Å². The van der Waals surface area contributed by atoms with Gasteiger partial charge in [-0.1, -0.05) is 0 Å². The Bertz CT molecular complexity index is 1460. The first-order valence-corrected chi connectivity index (χ1v) is 11.9. The fraction of sp³-hybridized carbons (Fsp3) is 0.333. The zero-order valence-electron chi connectivity index (χ0n) is 20.7. The number of hydrazine groups is 1. The lowest BCUT2D eigenvalue weighted by atomic mass is 9.98. The molecule has 0 spiro atoms. The maximum absolute atomic E-state index is 12.8. The third-order valence-corrected chi connectivity index (χ3v) is 6.37. The lowest BCUT2D eigenvalue weighted by Gasteiger charge is -2.40. The summed E-state index contributed by atoms with van der Waals surface area (Å²) in [6.45, 7) is 4.55. The molecule has 0 bridgehead atoms. The van der Waals surface area contributed by atoms with Crippen LogP contribution in [0.5, 0.6) is 0 Å². The summed E-state index contributed by atoms with van der Waals surface area (Å²) in [4.78, 5) is 40.1. The minimum absolute atomic E-state index is 0.0327. The van der Waals surface area contributed by atoms with Crippen molar-refractivity contribution in [2.75, 3.05) is 16.8 Å². The molecule has 4 heterocycles. The molecule has 4 aromatic rings. The van der Waals surface area contributed by atoms with Crippen LogP contribution in [-0.2, 0) is 7.05 Å². The highest BCUT2D eigenvalue weighted by molar-refractivity contribution is 5.97. The van der Waals surface area contributed by atoms with E-state index in [9.17, 15) is 9.59 Å². The van der Waals surface area contributed by atoms with E-state index in [4.69, 9.17) is 10.2 Å². The standard InChI is InChI=1S/C24H28N10O3/c1-13-17(31-32-24(36)15-6-7-19-18(9-15)28-14(2)37-19)5-4-8-34(13)20-11-26-21(22(25)35)23(30-20)29-16-10-27-33(3)12-16/h6-7,9-13,17,31H,4-5,8H2,1-3H3,(H2,25,35)(H,29,30)(H,32,36)/t13-,17-/m1/s1. The maximum Gasteiger partial charge on any atom is 0.271 e. The van der Waals surface area contributed by atoms with Crippen molar-refractivity contribution >= 4 is 40.2 Å². The Morgan fingerprint density at radius 2 is 2.05 bits per heavy atom. The Hall–Kier alpha value is -4.52. The van der Waals surface area contributed by atoms with E-state index in [1.165, 1.54) is 0 Å². The van der Waals surface area contributed by atoms with Crippen LogP contribution in [0.3, 0.4) is 0 Å². The van der Waals surface area contributed by atoms with Gasteiger partial charge < -0.3 is 20.4 Å². The summed E-state index contributed by atoms with van der Waals surface area (Å²) in [7, 11) is 1.79. The number of aromatic nitrogens is 5. The summed E-state index contributed by atoms with van der Waals surface area (Å²) in [5.74, 6) is 0.451. The number of rotatable bonds is 7. The molecule has 5 N–H and O–H groups in total. The first-order chi connectivity index (χ1) is 17.8. The molecule has 0 aliphatic carbocycles. The fourth-order valence-electron chi connectivity index (χ4n) is 4.48. The summed E-state index contributed by atoms with van der Waals surface area (Å²) in [5, 5.41) is 7.21. The SMILES string of the molecule is Cc1nc2cc(C(=O)NN[C@@H]3CCCN(c4cnc(C(N)=O)c(Nc5cnn(C)c5)n4)[C@@H]3C)ccc2o1. The van der Waals surface area contributed by atoms with Crippen LogP contribution in [-0.4, -0.2) is 55.2 Å². The van der Waals surface area contributed by atoms with Gasteiger partial charge in [-0.25, -0.2) is 20.4 Å². The number of carbonyl (C=O) groups is 2. The Morgan fingerprint density at radius 1 is 1.22 bits per heavy atom. The number of fused-ring (bicyclic) bond motifs is 1. The smallest absolute Gasteiger partial charge is 0.271 e. The van der Waals surface area contributed by atoms with Crippen molar-refractivity contribution in [3.05, 3.63) is 53.9 Å². The van der Waals surface area contributed by atoms with E-state index in [-0.39, 0.29) is 29.5 Å². The van der Waals surface area contributed by atoms with Crippen molar-refractivity contribution in [2.24, 2.45) is 12.8 Å². The molecular formula is C24H28N10O3. The third kappa shape index (κ3) is 5.07. The molecule has 1 aliphatic rings. The second-order valence-corrected chi connectivity index (χ2v) is 9.01. The Morgan fingerprint density at radius 3 is 2.81 bits per heavy atom. The monoisotopic (exact) mass is 504 g/mol. The molecule has 1 fully saturated rings. The highest BCUT2D eigenvalue weighted by Gasteiger charge is 2.30. The van der Waals surface area contributed by atoms with Crippen LogP contribution in [0.4, 0.5) is 17.3 Å². The van der Waals surface area contributed by atoms with Gasteiger partial charge in [-0.05, 0) is 38.0 Å². The van der Waals surface area contributed by atoms with Crippen LogP contribution in [0.15, 0.2) is 41.2 Å². The Kier molecular flexibility index (Phi) is 6.44. The highest BCUT2D eigenvalue weighted by atomic mass is 16.3. The number of nitrogens with one attached hydrogen (secondary N) is 3. The summed E-state index contributed by atoms with van der Waals surface area (Å²) in [6, 6.07) is 5.05. The molecular weight excluding hydrogens is 476 g/mol. The molecule has 0 saturated carbocycles. The van der Waals surface area contributed by atoms with Crippen LogP contribution < -0.4 is 26.8 Å². The molecule has 13 nitrogen and oxygen atoms in total. The number of benzene rings is 1. The van der Waals surface area contributed by atoms with Gasteiger partial charge in [0.05, 0.1) is 18.1 Å². The van der Waals surface area contributed by atoms with Crippen molar-refractivity contribution in [2.45, 2.75) is 38.8 Å². The molecule has 5 rings (SSSR count). The van der Waals surface area contributed by atoms with E-state index in [1.54, 1.807) is 55.4 Å². The van der Waals surface area contributed by atoms with Gasteiger partial charge in [0, 0.05) is 44.4 Å². The van der Waals surface area contributed by atoms with Crippen molar-refractivity contribution < 1.29 is 14.0 Å². The zero-order valence-corrected chi connectivity index (χ0v) is 20.7. The first-order valence-electron chi connectivity index (χ1n) is 11.9. The summed E-state index contributed by atoms with van der Waals surface area (Å²) in [5.41, 5.74) is 14.0. The molecule has 13 heteroatoms. The Balaban J connectivity index is 1.29. The number of hydrogen-bond donors (Lipinski definition) is 4. The fourth-order valence-corrected chi connectivity index (χ4v) is 4.48. The highest BCUT2D eigenvalue weighted by Crippen LogP contribution is 2.26. The summed E-state index contributed by atoms with van der Waals surface area (Å²) >= 11 is 0. The van der Waals surface area contributed by atoms with Gasteiger partial charge in [-0.15, -0.1) is 0 Å². The molecule has 1 aromatic carbocycles. The van der Waals surface area contributed by atoms with Crippen molar-refractivity contribution in [3.63, 3.8) is 0 Å². The topological polar surface area (TPSA) is 169 Å². The number of anilines is 3. The van der Waals surface area contributed by atoms with Crippen LogP contribution in [0, 0.1) is 6.92 Å². The van der Waals surface area contributed by atoms with E-state index in [2.05, 4.69) is 41.1 Å². The predicted octanol–water partition coefficient (Wildman–Crippen LogP) is 1.79. The minimum Gasteiger partial charge on any atom is -0.441 e. The van der Waals surface area contributed by atoms with E-state index in [0.717, 1.165) is 19.4 Å². The molecule has 0 unspecified atom stereocenters. The molecule has 37 heavy (non-hydrogen) atoms. The van der Waals surface area contributed by atoms with E-state index >= 15 is 0 Å². The van der Waals surface area contributed by atoms with Crippen LogP contribution >= 0.6 is 0 Å². The van der Waals surface area contributed by atoms with Gasteiger partial charge in [0.1, 0.15) is 11.3 Å². The number of oxazole rings is 1. The van der Waals surface area contributed by atoms with Gasteiger partial charge in [0.25, 0.3) is 11.8 Å². The number of nitrogens with zero attached hydrogens (tertiary/aromatic N) is 6. The van der Waals surface area contributed by atoms with Crippen LogP contribution in [0.25, 0.3) is 11.1 Å². The lowest BCUT2D eigenvalue weighted by Crippen LogP contribution is -2.57. The molecule has 1 saturated heterocycles. The molecule has 0 radical (unpaired) electrons. The van der Waals surface area contributed by atoms with E-state index in [1.807, 2.05) is 6.92 Å². The quantitative estimate of drug-likeness (QED) is 0.272. The van der Waals surface area contributed by atoms with Gasteiger partial charge in [-0.2, -0.15) is 5.10 Å². The second-order valence-electron chi connectivity index (χ2n) is 9.01. The Labute approximate surface area is 212 Å². The van der Waals surface area contributed by atoms with E-state index in [0.29, 0.717) is 34.1 Å². The lowest BCUT2D eigenvalue weighted by molar-refractivity contribution is 0.0918. The van der Waals surface area contributed by atoms with E-state index < -0.39 is 5.91 Å². The third-order valence-electron chi connectivity index (χ3n) is 6.37. The molecule has 192 valence electrons. The first kappa shape index (κ1) is 24.2. The summed E-state index contributed by atoms with van der Waals surface area (Å²) < 4.78 is 7.11. The van der Waals surface area contributed by atoms with Gasteiger partial charge >= 0.3 is 0 Å². The number of piperidine rings is 1. The average Bonchev–Trinajstić information content (AvgIpc) is 3.46. The van der Waals surface area contributed by atoms with Gasteiger partial charge in [0.15, 0.2) is 23.0 Å². The number of hydrogen-bond acceptors (Lipinski definition) is 10. The number of carbonyl (C=O) groups excluding carboxylic acids is 2. The maximum atomic E-state index is 12.8. The number of aryl methyl sites for hydroxylation is 2. The molecule has 2 amide bonds. The summed E-state index contributed by atoms with van der Waals surface area (Å²) in [6.07, 6.45) is 6.64. The van der Waals surface area contributed by atoms with Crippen LogP contribution in [0.2, 0.25) is 0 Å². The zero-order chi connectivity index (χ0) is 26.1.